The number of sulfonamides is 1. The van der Waals surface area contributed by atoms with Crippen LogP contribution in [0.4, 0.5) is 0 Å². The Morgan fingerprint density at radius 1 is 1.23 bits per heavy atom. The van der Waals surface area contributed by atoms with Crippen molar-refractivity contribution < 1.29 is 17.6 Å². The standard InChI is InChI=1S/C15H22N2O4S/c1-16-22(19,20)14-7-6-13(21-14)15(18)17-9-8-11-4-2-3-5-12(11)10-17/h6-7,11-12,16H,2-5,8-10H2,1H3/t11-,12-/m1/s1. The summed E-state index contributed by atoms with van der Waals surface area (Å²) in [5.41, 5.74) is 0. The topological polar surface area (TPSA) is 79.6 Å². The molecule has 1 aromatic heterocycles. The zero-order chi connectivity index (χ0) is 15.7. The quantitative estimate of drug-likeness (QED) is 0.919. The average molecular weight is 326 g/mol. The van der Waals surface area contributed by atoms with E-state index in [1.54, 1.807) is 4.90 Å². The SMILES string of the molecule is CNS(=O)(=O)c1ccc(C(=O)N2CC[C@H]3CCCC[C@@H]3C2)o1. The minimum absolute atomic E-state index is 0.100. The summed E-state index contributed by atoms with van der Waals surface area (Å²) in [5, 5.41) is -0.217. The Kier molecular flexibility index (Phi) is 4.27. The third-order valence-electron chi connectivity index (χ3n) is 4.90. The molecule has 1 N–H and O–H groups in total. The number of nitrogens with one attached hydrogen (secondary N) is 1. The van der Waals surface area contributed by atoms with E-state index in [9.17, 15) is 13.2 Å². The first-order valence-corrected chi connectivity index (χ1v) is 9.32. The Labute approximate surface area is 130 Å². The number of amides is 1. The lowest BCUT2D eigenvalue weighted by Gasteiger charge is -2.41. The fourth-order valence-corrected chi connectivity index (χ4v) is 4.27. The number of nitrogens with zero attached hydrogens (tertiary/aromatic N) is 1. The van der Waals surface area contributed by atoms with E-state index in [1.807, 2.05) is 0 Å². The van der Waals surface area contributed by atoms with Crippen molar-refractivity contribution in [2.45, 2.75) is 37.2 Å². The maximum Gasteiger partial charge on any atom is 0.289 e. The molecule has 1 aliphatic carbocycles. The van der Waals surface area contributed by atoms with Gasteiger partial charge in [0.2, 0.25) is 5.09 Å². The van der Waals surface area contributed by atoms with Crippen LogP contribution in [0.25, 0.3) is 0 Å². The van der Waals surface area contributed by atoms with Gasteiger partial charge in [-0.3, -0.25) is 4.79 Å². The van der Waals surface area contributed by atoms with Gasteiger partial charge in [0, 0.05) is 13.1 Å². The Balaban J connectivity index is 1.72. The highest BCUT2D eigenvalue weighted by molar-refractivity contribution is 7.89. The molecule has 1 aromatic rings. The summed E-state index contributed by atoms with van der Waals surface area (Å²) in [7, 11) is -2.34. The molecular formula is C15H22N2O4S. The van der Waals surface area contributed by atoms with E-state index in [4.69, 9.17) is 4.42 Å². The van der Waals surface area contributed by atoms with Crippen LogP contribution in [-0.4, -0.2) is 39.4 Å². The molecule has 22 heavy (non-hydrogen) atoms. The van der Waals surface area contributed by atoms with Crippen molar-refractivity contribution in [1.29, 1.82) is 0 Å². The second-order valence-electron chi connectivity index (χ2n) is 6.17. The van der Waals surface area contributed by atoms with Gasteiger partial charge in [-0.25, -0.2) is 13.1 Å². The monoisotopic (exact) mass is 326 g/mol. The molecule has 3 rings (SSSR count). The zero-order valence-electron chi connectivity index (χ0n) is 12.7. The highest BCUT2D eigenvalue weighted by atomic mass is 32.2. The van der Waals surface area contributed by atoms with E-state index in [-0.39, 0.29) is 16.8 Å². The smallest absolute Gasteiger partial charge is 0.289 e. The highest BCUT2D eigenvalue weighted by Crippen LogP contribution is 2.36. The second kappa shape index (κ2) is 6.04. The number of piperidine rings is 1. The number of fused-ring (bicyclic) bond motifs is 1. The van der Waals surface area contributed by atoms with Gasteiger partial charge in [0.1, 0.15) is 0 Å². The van der Waals surface area contributed by atoms with Crippen molar-refractivity contribution in [3.8, 4) is 0 Å². The molecule has 1 saturated heterocycles. The maximum atomic E-state index is 12.5. The second-order valence-corrected chi connectivity index (χ2v) is 7.99. The molecule has 6 nitrogen and oxygen atoms in total. The molecule has 7 heteroatoms. The lowest BCUT2D eigenvalue weighted by molar-refractivity contribution is 0.0487. The zero-order valence-corrected chi connectivity index (χ0v) is 13.6. The Bertz CT molecular complexity index is 652. The molecule has 0 bridgehead atoms. The summed E-state index contributed by atoms with van der Waals surface area (Å²) in [6, 6.07) is 2.77. The minimum atomic E-state index is -3.65. The fourth-order valence-electron chi connectivity index (χ4n) is 3.62. The van der Waals surface area contributed by atoms with Crippen molar-refractivity contribution in [2.75, 3.05) is 20.1 Å². The van der Waals surface area contributed by atoms with Crippen LogP contribution in [0.2, 0.25) is 0 Å². The van der Waals surface area contributed by atoms with Crippen LogP contribution in [-0.2, 0) is 10.0 Å². The Morgan fingerprint density at radius 3 is 2.68 bits per heavy atom. The first kappa shape index (κ1) is 15.6. The lowest BCUT2D eigenvalue weighted by Crippen LogP contribution is -2.44. The first-order valence-electron chi connectivity index (χ1n) is 7.84. The predicted molar refractivity (Wildman–Crippen MR) is 80.9 cm³/mol. The number of hydrogen-bond acceptors (Lipinski definition) is 4. The Morgan fingerprint density at radius 2 is 1.95 bits per heavy atom. The summed E-state index contributed by atoms with van der Waals surface area (Å²) in [5.74, 6) is 1.22. The highest BCUT2D eigenvalue weighted by Gasteiger charge is 2.34. The van der Waals surface area contributed by atoms with Gasteiger partial charge in [-0.15, -0.1) is 0 Å². The number of hydrogen-bond donors (Lipinski definition) is 1. The summed E-state index contributed by atoms with van der Waals surface area (Å²) in [4.78, 5) is 14.3. The van der Waals surface area contributed by atoms with Gasteiger partial charge < -0.3 is 9.32 Å². The molecule has 2 heterocycles. The summed E-state index contributed by atoms with van der Waals surface area (Å²) in [6.45, 7) is 1.49. The third-order valence-corrected chi connectivity index (χ3v) is 6.19. The van der Waals surface area contributed by atoms with Gasteiger partial charge in [-0.05, 0) is 43.9 Å². The van der Waals surface area contributed by atoms with Crippen LogP contribution < -0.4 is 4.72 Å². The normalized spacial score (nSPS) is 25.8. The van der Waals surface area contributed by atoms with E-state index in [0.29, 0.717) is 5.92 Å². The molecular weight excluding hydrogens is 304 g/mol. The van der Waals surface area contributed by atoms with Gasteiger partial charge in [0.25, 0.3) is 15.9 Å². The van der Waals surface area contributed by atoms with Crippen LogP contribution in [0.15, 0.2) is 21.6 Å². The molecule has 0 aromatic carbocycles. The number of rotatable bonds is 3. The first-order chi connectivity index (χ1) is 10.5. The number of furan rings is 1. The van der Waals surface area contributed by atoms with Crippen molar-refractivity contribution >= 4 is 15.9 Å². The minimum Gasteiger partial charge on any atom is -0.438 e. The summed E-state index contributed by atoms with van der Waals surface area (Å²) in [6.07, 6.45) is 6.05. The van der Waals surface area contributed by atoms with E-state index in [0.717, 1.165) is 25.4 Å². The molecule has 0 spiro atoms. The van der Waals surface area contributed by atoms with E-state index >= 15 is 0 Å². The van der Waals surface area contributed by atoms with Gasteiger partial charge in [-0.2, -0.15) is 0 Å². The Hall–Kier alpha value is -1.34. The van der Waals surface area contributed by atoms with Gasteiger partial charge in [0.15, 0.2) is 5.76 Å². The molecule has 122 valence electrons. The average Bonchev–Trinajstić information content (AvgIpc) is 3.04. The van der Waals surface area contributed by atoms with Crippen molar-refractivity contribution in [1.82, 2.24) is 9.62 Å². The molecule has 0 radical (unpaired) electrons. The van der Waals surface area contributed by atoms with Gasteiger partial charge in [0.05, 0.1) is 0 Å². The fraction of sp³-hybridized carbons (Fsp3) is 0.667. The van der Waals surface area contributed by atoms with Crippen LogP contribution in [0, 0.1) is 11.8 Å². The molecule has 0 unspecified atom stereocenters. The van der Waals surface area contributed by atoms with Crippen LogP contribution >= 0.6 is 0 Å². The molecule has 1 saturated carbocycles. The van der Waals surface area contributed by atoms with Gasteiger partial charge >= 0.3 is 0 Å². The van der Waals surface area contributed by atoms with Crippen molar-refractivity contribution in [2.24, 2.45) is 11.8 Å². The predicted octanol–water partition coefficient (Wildman–Crippen LogP) is 1.84. The van der Waals surface area contributed by atoms with Crippen molar-refractivity contribution in [3.63, 3.8) is 0 Å². The molecule has 1 aliphatic heterocycles. The number of carbonyl (C=O) groups excluding carboxylic acids is 1. The van der Waals surface area contributed by atoms with E-state index in [2.05, 4.69) is 4.72 Å². The van der Waals surface area contributed by atoms with Crippen LogP contribution in [0.5, 0.6) is 0 Å². The maximum absolute atomic E-state index is 12.5. The van der Waals surface area contributed by atoms with Crippen molar-refractivity contribution in [3.05, 3.63) is 17.9 Å². The number of likely N-dealkylation sites (tertiary alicyclic amines) is 1. The van der Waals surface area contributed by atoms with Crippen LogP contribution in [0.3, 0.4) is 0 Å². The van der Waals surface area contributed by atoms with Gasteiger partial charge in [-0.1, -0.05) is 19.3 Å². The summed E-state index contributed by atoms with van der Waals surface area (Å²) >= 11 is 0. The third kappa shape index (κ3) is 2.92. The van der Waals surface area contributed by atoms with E-state index in [1.165, 1.54) is 44.9 Å². The van der Waals surface area contributed by atoms with Crippen LogP contribution in [0.1, 0.15) is 42.7 Å². The summed E-state index contributed by atoms with van der Waals surface area (Å²) < 4.78 is 30.8. The largest absolute Gasteiger partial charge is 0.438 e. The van der Waals surface area contributed by atoms with E-state index < -0.39 is 10.0 Å². The molecule has 2 atom stereocenters. The molecule has 2 aliphatic rings. The molecule has 2 fully saturated rings. The number of carbonyl (C=O) groups is 1. The molecule has 1 amide bonds. The lowest BCUT2D eigenvalue weighted by atomic mass is 9.75.